The number of carboxylic acid groups (broad SMARTS) is 1. The second-order valence-corrected chi connectivity index (χ2v) is 4.77. The third kappa shape index (κ3) is 18.1. The number of aliphatic hydroxyl groups is 2. The average molecular weight is 268 g/mol. The standard InChI is InChI=1S/C6H12O4.CHCl3/c1-6(10,2-3-7)4-5(8)9;2-1(3)4/h7,10H,2-4H2,1H3,(H,8,9);1H. The van der Waals surface area contributed by atoms with Gasteiger partial charge in [0.1, 0.15) is 0 Å². The third-order valence-corrected chi connectivity index (χ3v) is 1.18. The number of aliphatic carboxylic acids is 1. The predicted octanol–water partition coefficient (Wildman–Crippen LogP) is 1.58. The lowest BCUT2D eigenvalue weighted by molar-refractivity contribution is -0.142. The summed E-state index contributed by atoms with van der Waals surface area (Å²) in [7, 11) is 0. The molecule has 0 aromatic heterocycles. The average Bonchev–Trinajstić information content (AvgIpc) is 1.80. The van der Waals surface area contributed by atoms with E-state index >= 15 is 0 Å². The van der Waals surface area contributed by atoms with Crippen molar-refractivity contribution in [1.82, 2.24) is 0 Å². The van der Waals surface area contributed by atoms with Crippen molar-refractivity contribution in [2.24, 2.45) is 0 Å². The van der Waals surface area contributed by atoms with Gasteiger partial charge >= 0.3 is 5.97 Å². The van der Waals surface area contributed by atoms with E-state index in [9.17, 15) is 4.79 Å². The maximum Gasteiger partial charge on any atom is 0.306 e. The molecule has 0 rings (SSSR count). The Bertz CT molecular complexity index is 158. The van der Waals surface area contributed by atoms with Gasteiger partial charge in [-0.15, -0.1) is 0 Å². The molecule has 0 aliphatic carbocycles. The summed E-state index contributed by atoms with van der Waals surface area (Å²) in [6, 6.07) is 0. The van der Waals surface area contributed by atoms with Crippen LogP contribution in [-0.4, -0.2) is 37.8 Å². The molecule has 0 heterocycles. The monoisotopic (exact) mass is 266 g/mol. The lowest BCUT2D eigenvalue weighted by Crippen LogP contribution is -2.28. The molecule has 0 amide bonds. The SMILES string of the molecule is CC(O)(CCO)CC(=O)O.ClC(Cl)Cl. The Labute approximate surface area is 97.4 Å². The Balaban J connectivity index is 0. The van der Waals surface area contributed by atoms with Crippen LogP contribution in [0.3, 0.4) is 0 Å². The van der Waals surface area contributed by atoms with Gasteiger partial charge in [0, 0.05) is 6.61 Å². The van der Waals surface area contributed by atoms with Gasteiger partial charge in [0.15, 0.2) is 4.30 Å². The first-order valence-corrected chi connectivity index (χ1v) is 4.99. The molecule has 0 spiro atoms. The van der Waals surface area contributed by atoms with E-state index in [4.69, 9.17) is 50.1 Å². The van der Waals surface area contributed by atoms with Crippen LogP contribution in [0.4, 0.5) is 0 Å². The lowest BCUT2D eigenvalue weighted by atomic mass is 9.99. The maximum atomic E-state index is 10.0. The van der Waals surface area contributed by atoms with Crippen LogP contribution in [0.15, 0.2) is 0 Å². The van der Waals surface area contributed by atoms with Crippen molar-refractivity contribution >= 4 is 40.8 Å². The van der Waals surface area contributed by atoms with Gasteiger partial charge in [-0.1, -0.05) is 34.8 Å². The number of hydrogen-bond donors (Lipinski definition) is 3. The Kier molecular flexibility index (Phi) is 10.2. The maximum absolute atomic E-state index is 10.0. The number of alkyl halides is 3. The smallest absolute Gasteiger partial charge is 0.306 e. The summed E-state index contributed by atoms with van der Waals surface area (Å²) in [6.07, 6.45) is -0.229. The molecule has 7 heteroatoms. The summed E-state index contributed by atoms with van der Waals surface area (Å²) in [5, 5.41) is 25.7. The Morgan fingerprint density at radius 3 is 2.00 bits per heavy atom. The topological polar surface area (TPSA) is 77.8 Å². The van der Waals surface area contributed by atoms with Crippen LogP contribution in [0.25, 0.3) is 0 Å². The summed E-state index contributed by atoms with van der Waals surface area (Å²) in [5.74, 6) is -1.06. The van der Waals surface area contributed by atoms with Crippen molar-refractivity contribution in [1.29, 1.82) is 0 Å². The minimum absolute atomic E-state index is 0.0965. The van der Waals surface area contributed by atoms with Crippen LogP contribution in [-0.2, 0) is 4.79 Å². The number of carbonyl (C=O) groups is 1. The molecule has 14 heavy (non-hydrogen) atoms. The van der Waals surface area contributed by atoms with Gasteiger partial charge in [-0.05, 0) is 13.3 Å². The predicted molar refractivity (Wildman–Crippen MR) is 55.9 cm³/mol. The van der Waals surface area contributed by atoms with Crippen LogP contribution < -0.4 is 0 Å². The van der Waals surface area contributed by atoms with E-state index < -0.39 is 15.9 Å². The van der Waals surface area contributed by atoms with Gasteiger partial charge < -0.3 is 15.3 Å². The molecule has 0 fully saturated rings. The molecule has 0 saturated heterocycles. The molecule has 3 N–H and O–H groups in total. The normalized spacial score (nSPS) is 14.2. The van der Waals surface area contributed by atoms with E-state index in [0.29, 0.717) is 0 Å². The first-order valence-electron chi connectivity index (χ1n) is 3.68. The largest absolute Gasteiger partial charge is 0.481 e. The van der Waals surface area contributed by atoms with Crippen molar-refractivity contribution < 1.29 is 20.1 Å². The quantitative estimate of drug-likeness (QED) is 0.676. The van der Waals surface area contributed by atoms with Crippen molar-refractivity contribution in [2.45, 2.75) is 29.7 Å². The molecule has 0 aliphatic rings. The Morgan fingerprint density at radius 1 is 1.43 bits per heavy atom. The first kappa shape index (κ1) is 16.7. The van der Waals surface area contributed by atoms with Gasteiger partial charge in [-0.2, -0.15) is 0 Å². The number of halogens is 3. The van der Waals surface area contributed by atoms with Crippen LogP contribution >= 0.6 is 34.8 Å². The highest BCUT2D eigenvalue weighted by Crippen LogP contribution is 2.12. The van der Waals surface area contributed by atoms with Gasteiger partial charge in [-0.3, -0.25) is 4.79 Å². The van der Waals surface area contributed by atoms with Crippen LogP contribution in [0.5, 0.6) is 0 Å². The molecular formula is C7H13Cl3O4. The molecular weight excluding hydrogens is 254 g/mol. The number of carboxylic acids is 1. The molecule has 0 bridgehead atoms. The van der Waals surface area contributed by atoms with E-state index in [1.165, 1.54) is 6.92 Å². The van der Waals surface area contributed by atoms with Gasteiger partial charge in [-0.25, -0.2) is 0 Å². The fraction of sp³-hybridized carbons (Fsp3) is 0.857. The van der Waals surface area contributed by atoms with Crippen molar-refractivity contribution in [3.8, 4) is 0 Å². The highest BCUT2D eigenvalue weighted by atomic mass is 35.6. The molecule has 0 saturated carbocycles. The van der Waals surface area contributed by atoms with E-state index in [1.807, 2.05) is 0 Å². The molecule has 0 aliphatic heterocycles. The van der Waals surface area contributed by atoms with Gasteiger partial charge in [0.05, 0.1) is 12.0 Å². The van der Waals surface area contributed by atoms with Crippen molar-refractivity contribution in [2.75, 3.05) is 6.61 Å². The Hall–Kier alpha value is 0.260. The molecule has 86 valence electrons. The fourth-order valence-electron chi connectivity index (χ4n) is 0.655. The Morgan fingerprint density at radius 2 is 1.79 bits per heavy atom. The summed E-state index contributed by atoms with van der Waals surface area (Å²) >= 11 is 14.4. The van der Waals surface area contributed by atoms with Gasteiger partial charge in [0.25, 0.3) is 0 Å². The molecule has 1 unspecified atom stereocenters. The molecule has 0 aromatic rings. The van der Waals surface area contributed by atoms with Gasteiger partial charge in [0.2, 0.25) is 0 Å². The summed E-state index contributed by atoms with van der Waals surface area (Å²) in [6.45, 7) is 1.19. The molecule has 0 aromatic carbocycles. The summed E-state index contributed by atoms with van der Waals surface area (Å²) in [4.78, 5) is 10.0. The molecule has 0 radical (unpaired) electrons. The second kappa shape index (κ2) is 8.56. The zero-order valence-electron chi connectivity index (χ0n) is 7.58. The minimum atomic E-state index is -1.28. The summed E-state index contributed by atoms with van der Waals surface area (Å²) < 4.78 is -0.750. The zero-order chi connectivity index (χ0) is 11.8. The highest BCUT2D eigenvalue weighted by Gasteiger charge is 2.22. The summed E-state index contributed by atoms with van der Waals surface area (Å²) in [5.41, 5.74) is -1.28. The highest BCUT2D eigenvalue weighted by molar-refractivity contribution is 6.63. The van der Waals surface area contributed by atoms with E-state index in [2.05, 4.69) is 0 Å². The zero-order valence-corrected chi connectivity index (χ0v) is 9.85. The van der Waals surface area contributed by atoms with Crippen LogP contribution in [0.1, 0.15) is 19.8 Å². The molecule has 1 atom stereocenters. The lowest BCUT2D eigenvalue weighted by Gasteiger charge is -2.18. The second-order valence-electron chi connectivity index (χ2n) is 2.79. The van der Waals surface area contributed by atoms with E-state index in [0.717, 1.165) is 0 Å². The van der Waals surface area contributed by atoms with Crippen molar-refractivity contribution in [3.05, 3.63) is 0 Å². The van der Waals surface area contributed by atoms with Crippen LogP contribution in [0.2, 0.25) is 0 Å². The van der Waals surface area contributed by atoms with E-state index in [-0.39, 0.29) is 19.4 Å². The fourth-order valence-corrected chi connectivity index (χ4v) is 0.655. The number of hydrogen-bond acceptors (Lipinski definition) is 3. The number of aliphatic hydroxyl groups excluding tert-OH is 1. The first-order chi connectivity index (χ1) is 6.21. The number of rotatable bonds is 4. The van der Waals surface area contributed by atoms with Crippen molar-refractivity contribution in [3.63, 3.8) is 0 Å². The van der Waals surface area contributed by atoms with E-state index in [1.54, 1.807) is 0 Å². The third-order valence-electron chi connectivity index (χ3n) is 1.18. The molecule has 4 nitrogen and oxygen atoms in total. The minimum Gasteiger partial charge on any atom is -0.481 e. The van der Waals surface area contributed by atoms with Crippen LogP contribution in [0, 0.1) is 0 Å².